The molecule has 0 atom stereocenters. The van der Waals surface area contributed by atoms with Crippen molar-refractivity contribution in [2.45, 2.75) is 26.7 Å². The van der Waals surface area contributed by atoms with Gasteiger partial charge in [0.1, 0.15) is 0 Å². The molecule has 0 saturated carbocycles. The zero-order valence-electron chi connectivity index (χ0n) is 15.4. The number of nitrogens with one attached hydrogen (secondary N) is 1. The van der Waals surface area contributed by atoms with Gasteiger partial charge in [-0.2, -0.15) is 12.7 Å². The van der Waals surface area contributed by atoms with Gasteiger partial charge >= 0.3 is 0 Å². The number of carbonyl (C=O) groups is 2. The number of anilines is 1. The summed E-state index contributed by atoms with van der Waals surface area (Å²) in [5.74, 6) is -0.724. The topological polar surface area (TPSA) is 113 Å². The fraction of sp³-hybridized carbons (Fsp3) is 0.529. The second-order valence-electron chi connectivity index (χ2n) is 6.78. The van der Waals surface area contributed by atoms with Crippen molar-refractivity contribution in [3.8, 4) is 0 Å². The number of rotatable bonds is 5. The monoisotopic (exact) mass is 382 g/mol. The third kappa shape index (κ3) is 5.26. The molecule has 144 valence electrons. The third-order valence-corrected chi connectivity index (χ3v) is 5.67. The van der Waals surface area contributed by atoms with E-state index in [4.69, 9.17) is 5.14 Å². The molecule has 3 N–H and O–H groups in total. The van der Waals surface area contributed by atoms with Crippen LogP contribution < -0.4 is 10.5 Å². The number of hydrogen-bond acceptors (Lipinski definition) is 4. The molecular weight excluding hydrogens is 356 g/mol. The number of hydrogen-bond donors (Lipinski definition) is 2. The molecule has 0 radical (unpaired) electrons. The number of aryl methyl sites for hydroxylation is 2. The maximum absolute atomic E-state index is 12.5. The number of likely N-dealkylation sites (N-methyl/N-ethyl adjacent to an activating group) is 1. The van der Waals surface area contributed by atoms with E-state index in [1.807, 2.05) is 32.0 Å². The van der Waals surface area contributed by atoms with E-state index in [1.165, 1.54) is 9.21 Å². The van der Waals surface area contributed by atoms with Crippen LogP contribution in [-0.2, 0) is 19.8 Å². The molecule has 2 amide bonds. The Morgan fingerprint density at radius 2 is 1.88 bits per heavy atom. The van der Waals surface area contributed by atoms with Crippen LogP contribution in [0.2, 0.25) is 0 Å². The third-order valence-electron chi connectivity index (χ3n) is 4.59. The van der Waals surface area contributed by atoms with Crippen molar-refractivity contribution < 1.29 is 18.0 Å². The van der Waals surface area contributed by atoms with E-state index in [-0.39, 0.29) is 37.4 Å². The van der Waals surface area contributed by atoms with Gasteiger partial charge in [0.15, 0.2) is 0 Å². The van der Waals surface area contributed by atoms with Crippen molar-refractivity contribution in [1.29, 1.82) is 0 Å². The van der Waals surface area contributed by atoms with Gasteiger partial charge in [0, 0.05) is 31.7 Å². The number of amides is 2. The second kappa shape index (κ2) is 8.15. The second-order valence-corrected chi connectivity index (χ2v) is 8.33. The first-order chi connectivity index (χ1) is 12.1. The van der Waals surface area contributed by atoms with E-state index >= 15 is 0 Å². The van der Waals surface area contributed by atoms with E-state index in [0.29, 0.717) is 12.8 Å². The molecule has 1 aliphatic rings. The molecule has 0 unspecified atom stereocenters. The molecule has 1 aromatic rings. The highest BCUT2D eigenvalue weighted by atomic mass is 32.2. The van der Waals surface area contributed by atoms with Gasteiger partial charge in [-0.25, -0.2) is 5.14 Å². The van der Waals surface area contributed by atoms with Crippen molar-refractivity contribution in [2.75, 3.05) is 32.0 Å². The van der Waals surface area contributed by atoms with Crippen LogP contribution >= 0.6 is 0 Å². The quantitative estimate of drug-likeness (QED) is 0.777. The molecule has 0 bridgehead atoms. The van der Waals surface area contributed by atoms with Crippen LogP contribution in [0.5, 0.6) is 0 Å². The molecule has 26 heavy (non-hydrogen) atoms. The van der Waals surface area contributed by atoms with E-state index in [0.717, 1.165) is 16.8 Å². The summed E-state index contributed by atoms with van der Waals surface area (Å²) in [6, 6.07) is 5.78. The minimum atomic E-state index is -3.71. The predicted molar refractivity (Wildman–Crippen MR) is 99.6 cm³/mol. The molecule has 0 spiro atoms. The van der Waals surface area contributed by atoms with Crippen molar-refractivity contribution in [3.63, 3.8) is 0 Å². The molecule has 1 saturated heterocycles. The zero-order chi connectivity index (χ0) is 19.5. The normalized spacial score (nSPS) is 16.3. The standard InChI is InChI=1S/C17H26N4O4S/c1-12-4-5-13(2)15(10-12)19-16(22)11-20(3)17(23)14-6-8-21(9-7-14)26(18,24)25/h4-5,10,14H,6-9,11H2,1-3H3,(H,19,22)(H2,18,24,25). The first-order valence-electron chi connectivity index (χ1n) is 8.48. The highest BCUT2D eigenvalue weighted by Crippen LogP contribution is 2.21. The molecule has 1 aromatic carbocycles. The summed E-state index contributed by atoms with van der Waals surface area (Å²) >= 11 is 0. The molecular formula is C17H26N4O4S. The van der Waals surface area contributed by atoms with Crippen molar-refractivity contribution in [1.82, 2.24) is 9.21 Å². The smallest absolute Gasteiger partial charge is 0.276 e. The SMILES string of the molecule is Cc1ccc(C)c(NC(=O)CN(C)C(=O)C2CCN(S(N)(=O)=O)CC2)c1. The highest BCUT2D eigenvalue weighted by Gasteiger charge is 2.31. The molecule has 0 aliphatic carbocycles. The Bertz CT molecular complexity index is 786. The molecule has 9 heteroatoms. The minimum absolute atomic E-state index is 0.0540. The maximum Gasteiger partial charge on any atom is 0.276 e. The van der Waals surface area contributed by atoms with Gasteiger partial charge in [0.25, 0.3) is 10.2 Å². The number of benzene rings is 1. The fourth-order valence-electron chi connectivity index (χ4n) is 3.02. The minimum Gasteiger partial charge on any atom is -0.336 e. The lowest BCUT2D eigenvalue weighted by molar-refractivity contribution is -0.138. The van der Waals surface area contributed by atoms with Gasteiger partial charge in [-0.05, 0) is 43.9 Å². The van der Waals surface area contributed by atoms with Crippen molar-refractivity contribution >= 4 is 27.7 Å². The molecule has 8 nitrogen and oxygen atoms in total. The first kappa shape index (κ1) is 20.3. The highest BCUT2D eigenvalue weighted by molar-refractivity contribution is 7.86. The van der Waals surface area contributed by atoms with E-state index < -0.39 is 10.2 Å². The molecule has 1 fully saturated rings. The lowest BCUT2D eigenvalue weighted by atomic mass is 9.96. The van der Waals surface area contributed by atoms with Gasteiger partial charge in [-0.1, -0.05) is 12.1 Å². The van der Waals surface area contributed by atoms with Crippen LogP contribution in [0, 0.1) is 19.8 Å². The lowest BCUT2D eigenvalue weighted by Gasteiger charge is -2.31. The average molecular weight is 382 g/mol. The summed E-state index contributed by atoms with van der Waals surface area (Å²) in [4.78, 5) is 26.1. The van der Waals surface area contributed by atoms with Crippen LogP contribution in [0.4, 0.5) is 5.69 Å². The fourth-order valence-corrected chi connectivity index (χ4v) is 3.74. The Morgan fingerprint density at radius 1 is 1.27 bits per heavy atom. The van der Waals surface area contributed by atoms with Crippen LogP contribution in [0.3, 0.4) is 0 Å². The lowest BCUT2D eigenvalue weighted by Crippen LogP contribution is -2.46. The zero-order valence-corrected chi connectivity index (χ0v) is 16.2. The summed E-state index contributed by atoms with van der Waals surface area (Å²) in [5, 5.41) is 7.93. The Kier molecular flexibility index (Phi) is 6.38. The average Bonchev–Trinajstić information content (AvgIpc) is 2.56. The predicted octanol–water partition coefficient (Wildman–Crippen LogP) is 0.616. The molecule has 1 heterocycles. The maximum atomic E-state index is 12.5. The number of piperidine rings is 1. The first-order valence-corrected chi connectivity index (χ1v) is 9.98. The van der Waals surface area contributed by atoms with Gasteiger partial charge in [-0.15, -0.1) is 0 Å². The Morgan fingerprint density at radius 3 is 2.46 bits per heavy atom. The molecule has 2 rings (SSSR count). The Labute approximate surface area is 154 Å². The van der Waals surface area contributed by atoms with Crippen LogP contribution in [0.15, 0.2) is 18.2 Å². The largest absolute Gasteiger partial charge is 0.336 e. The summed E-state index contributed by atoms with van der Waals surface area (Å²) in [6.45, 7) is 4.24. The summed E-state index contributed by atoms with van der Waals surface area (Å²) < 4.78 is 23.8. The van der Waals surface area contributed by atoms with E-state index in [1.54, 1.807) is 7.05 Å². The van der Waals surface area contributed by atoms with E-state index in [2.05, 4.69) is 5.32 Å². The van der Waals surface area contributed by atoms with Crippen LogP contribution in [0.25, 0.3) is 0 Å². The summed E-state index contributed by atoms with van der Waals surface area (Å²) in [5.41, 5.74) is 2.72. The van der Waals surface area contributed by atoms with Gasteiger partial charge in [-0.3, -0.25) is 9.59 Å². The van der Waals surface area contributed by atoms with Crippen LogP contribution in [-0.4, -0.2) is 56.1 Å². The van der Waals surface area contributed by atoms with Crippen molar-refractivity contribution in [3.05, 3.63) is 29.3 Å². The number of nitrogens with two attached hydrogens (primary N) is 1. The summed E-state index contributed by atoms with van der Waals surface area (Å²) in [6.07, 6.45) is 0.802. The van der Waals surface area contributed by atoms with Gasteiger partial charge in [0.2, 0.25) is 11.8 Å². The van der Waals surface area contributed by atoms with Crippen molar-refractivity contribution in [2.24, 2.45) is 11.1 Å². The summed E-state index contributed by atoms with van der Waals surface area (Å²) in [7, 11) is -2.13. The van der Waals surface area contributed by atoms with Crippen LogP contribution in [0.1, 0.15) is 24.0 Å². The number of nitrogens with zero attached hydrogens (tertiary/aromatic N) is 2. The van der Waals surface area contributed by atoms with Gasteiger partial charge < -0.3 is 10.2 Å². The molecule has 0 aromatic heterocycles. The molecule has 1 aliphatic heterocycles. The Hall–Kier alpha value is -1.97. The Balaban J connectivity index is 1.89. The van der Waals surface area contributed by atoms with E-state index in [9.17, 15) is 18.0 Å². The van der Waals surface area contributed by atoms with Gasteiger partial charge in [0.05, 0.1) is 6.54 Å². The number of carbonyl (C=O) groups excluding carboxylic acids is 2.